The Morgan fingerprint density at radius 3 is 2.93 bits per heavy atom. The molecular weight excluding hydrogens is 192 g/mol. The summed E-state index contributed by atoms with van der Waals surface area (Å²) < 4.78 is 11.1. The van der Waals surface area contributed by atoms with Gasteiger partial charge in [-0.1, -0.05) is 0 Å². The van der Waals surface area contributed by atoms with E-state index in [0.29, 0.717) is 18.1 Å². The molecule has 4 rings (SSSR count). The fraction of sp³-hybridized carbons (Fsp3) is 0.917. The average Bonchev–Trinajstić information content (AvgIpc) is 2.58. The van der Waals surface area contributed by atoms with E-state index in [4.69, 9.17) is 9.47 Å². The minimum atomic E-state index is -0.115. The van der Waals surface area contributed by atoms with E-state index in [0.717, 1.165) is 24.2 Å². The molecule has 82 valence electrons. The zero-order chi connectivity index (χ0) is 10.2. The van der Waals surface area contributed by atoms with Crippen molar-refractivity contribution in [2.24, 2.45) is 23.7 Å². The van der Waals surface area contributed by atoms with Gasteiger partial charge in [0.15, 0.2) is 0 Å². The van der Waals surface area contributed by atoms with E-state index >= 15 is 0 Å². The molecule has 15 heavy (non-hydrogen) atoms. The quantitative estimate of drug-likeness (QED) is 0.482. The molecule has 0 amide bonds. The molecular formula is C12H16O3. The molecule has 3 saturated carbocycles. The highest BCUT2D eigenvalue weighted by molar-refractivity contribution is 5.66. The molecule has 3 aliphatic carbocycles. The Labute approximate surface area is 89.1 Å². The molecule has 3 nitrogen and oxygen atoms in total. The highest BCUT2D eigenvalue weighted by Crippen LogP contribution is 2.64. The van der Waals surface area contributed by atoms with Gasteiger partial charge in [-0.25, -0.2) is 0 Å². The van der Waals surface area contributed by atoms with Crippen molar-refractivity contribution in [3.63, 3.8) is 0 Å². The molecule has 2 bridgehead atoms. The van der Waals surface area contributed by atoms with E-state index in [1.165, 1.54) is 19.8 Å². The van der Waals surface area contributed by atoms with Crippen molar-refractivity contribution in [3.8, 4) is 0 Å². The van der Waals surface area contributed by atoms with E-state index in [1.54, 1.807) is 0 Å². The maximum Gasteiger partial charge on any atom is 0.302 e. The van der Waals surface area contributed by atoms with Crippen LogP contribution in [0.25, 0.3) is 0 Å². The predicted octanol–water partition coefficient (Wildman–Crippen LogP) is 1.36. The first-order valence-electron chi connectivity index (χ1n) is 6.06. The van der Waals surface area contributed by atoms with E-state index in [2.05, 4.69) is 0 Å². The van der Waals surface area contributed by atoms with Crippen molar-refractivity contribution in [1.29, 1.82) is 0 Å². The zero-order valence-corrected chi connectivity index (χ0v) is 8.89. The second-order valence-corrected chi connectivity index (χ2v) is 5.66. The van der Waals surface area contributed by atoms with Crippen molar-refractivity contribution < 1.29 is 14.3 Å². The van der Waals surface area contributed by atoms with Gasteiger partial charge in [0.1, 0.15) is 6.10 Å². The summed E-state index contributed by atoms with van der Waals surface area (Å²) >= 11 is 0. The summed E-state index contributed by atoms with van der Waals surface area (Å²) in [5.41, 5.74) is 0. The normalized spacial score (nSPS) is 58.9. The van der Waals surface area contributed by atoms with Crippen LogP contribution in [-0.4, -0.2) is 24.3 Å². The number of hydrogen-bond acceptors (Lipinski definition) is 3. The highest BCUT2D eigenvalue weighted by Gasteiger charge is 2.67. The smallest absolute Gasteiger partial charge is 0.302 e. The molecule has 1 aliphatic heterocycles. The van der Waals surface area contributed by atoms with Crippen molar-refractivity contribution in [2.75, 3.05) is 0 Å². The van der Waals surface area contributed by atoms with Crippen LogP contribution in [-0.2, 0) is 14.3 Å². The lowest BCUT2D eigenvalue weighted by molar-refractivity contribution is -0.150. The van der Waals surface area contributed by atoms with Crippen LogP contribution in [0.2, 0.25) is 0 Å². The van der Waals surface area contributed by atoms with Crippen molar-refractivity contribution >= 4 is 5.97 Å². The minimum absolute atomic E-state index is 0.115. The van der Waals surface area contributed by atoms with Crippen LogP contribution in [0.4, 0.5) is 0 Å². The fourth-order valence-corrected chi connectivity index (χ4v) is 4.60. The molecule has 0 N–H and O–H groups in total. The van der Waals surface area contributed by atoms with Crippen molar-refractivity contribution in [3.05, 3.63) is 0 Å². The van der Waals surface area contributed by atoms with Crippen LogP contribution in [0.5, 0.6) is 0 Å². The standard InChI is InChI=1S/C12H16O3/c1-5(13)14-9-3-6-2-8(9)11-7(6)4-10-12(11)15-10/h6-12H,2-4H2,1H3/t6-,7-,8+,9-,10-,11+,12+/m1/s1. The Hall–Kier alpha value is -0.570. The number of carbonyl (C=O) groups excluding carboxylic acids is 1. The van der Waals surface area contributed by atoms with Gasteiger partial charge in [-0.3, -0.25) is 4.79 Å². The Kier molecular flexibility index (Phi) is 1.47. The molecule has 4 aliphatic rings. The number of esters is 1. The molecule has 1 heterocycles. The number of rotatable bonds is 1. The van der Waals surface area contributed by atoms with Crippen LogP contribution >= 0.6 is 0 Å². The van der Waals surface area contributed by atoms with Gasteiger partial charge in [-0.2, -0.15) is 0 Å². The van der Waals surface area contributed by atoms with Gasteiger partial charge in [0.2, 0.25) is 0 Å². The summed E-state index contributed by atoms with van der Waals surface area (Å²) in [6.45, 7) is 1.52. The number of epoxide rings is 1. The average molecular weight is 208 g/mol. The Morgan fingerprint density at radius 2 is 2.13 bits per heavy atom. The molecule has 3 heteroatoms. The fourth-order valence-electron chi connectivity index (χ4n) is 4.60. The lowest BCUT2D eigenvalue weighted by Gasteiger charge is -2.31. The summed E-state index contributed by atoms with van der Waals surface area (Å²) in [7, 11) is 0. The van der Waals surface area contributed by atoms with Gasteiger partial charge >= 0.3 is 5.97 Å². The van der Waals surface area contributed by atoms with Crippen LogP contribution in [0, 0.1) is 23.7 Å². The minimum Gasteiger partial charge on any atom is -0.462 e. The van der Waals surface area contributed by atoms with Crippen LogP contribution < -0.4 is 0 Å². The Balaban J connectivity index is 1.57. The van der Waals surface area contributed by atoms with Gasteiger partial charge in [0.05, 0.1) is 12.2 Å². The summed E-state index contributed by atoms with van der Waals surface area (Å²) in [6, 6.07) is 0. The topological polar surface area (TPSA) is 38.8 Å². The Bertz CT molecular complexity index is 327. The van der Waals surface area contributed by atoms with E-state index in [9.17, 15) is 4.79 Å². The molecule has 0 aromatic carbocycles. The first-order chi connectivity index (χ1) is 7.24. The van der Waals surface area contributed by atoms with Crippen LogP contribution in [0.1, 0.15) is 26.2 Å². The molecule has 0 unspecified atom stereocenters. The third kappa shape index (κ3) is 1.02. The Morgan fingerprint density at radius 1 is 1.27 bits per heavy atom. The molecule has 4 fully saturated rings. The first-order valence-corrected chi connectivity index (χ1v) is 6.06. The maximum absolute atomic E-state index is 11.0. The summed E-state index contributed by atoms with van der Waals surface area (Å²) in [4.78, 5) is 11.0. The molecule has 0 spiro atoms. The molecule has 1 saturated heterocycles. The molecule has 0 radical (unpaired) electrons. The summed E-state index contributed by atoms with van der Waals surface area (Å²) in [6.07, 6.45) is 4.98. The van der Waals surface area contributed by atoms with Crippen LogP contribution in [0.3, 0.4) is 0 Å². The maximum atomic E-state index is 11.0. The number of fused-ring (bicyclic) bond motifs is 7. The predicted molar refractivity (Wildman–Crippen MR) is 52.0 cm³/mol. The van der Waals surface area contributed by atoms with Crippen molar-refractivity contribution in [2.45, 2.75) is 44.5 Å². The summed E-state index contributed by atoms with van der Waals surface area (Å²) in [5, 5.41) is 0. The zero-order valence-electron chi connectivity index (χ0n) is 8.89. The second kappa shape index (κ2) is 2.57. The first kappa shape index (κ1) is 8.57. The lowest BCUT2D eigenvalue weighted by Crippen LogP contribution is -2.34. The third-order valence-corrected chi connectivity index (χ3v) is 5.00. The second-order valence-electron chi connectivity index (χ2n) is 5.66. The number of carbonyl (C=O) groups is 1. The highest BCUT2D eigenvalue weighted by atomic mass is 16.6. The van der Waals surface area contributed by atoms with Crippen molar-refractivity contribution in [1.82, 2.24) is 0 Å². The SMILES string of the molecule is CC(=O)O[C@@H]1C[C@H]2C[C@@H]1[C@@H]1[C@@H]2C[C@H]2O[C@H]12. The summed E-state index contributed by atoms with van der Waals surface area (Å²) in [5.74, 6) is 2.93. The molecule has 7 atom stereocenters. The lowest BCUT2D eigenvalue weighted by atomic mass is 9.79. The van der Waals surface area contributed by atoms with E-state index in [1.807, 2.05) is 0 Å². The van der Waals surface area contributed by atoms with Gasteiger partial charge in [-0.05, 0) is 37.0 Å². The number of ether oxygens (including phenoxy) is 2. The van der Waals surface area contributed by atoms with Gasteiger partial charge < -0.3 is 9.47 Å². The van der Waals surface area contributed by atoms with Gasteiger partial charge in [-0.15, -0.1) is 0 Å². The molecule has 0 aromatic heterocycles. The van der Waals surface area contributed by atoms with Gasteiger partial charge in [0, 0.05) is 12.8 Å². The largest absolute Gasteiger partial charge is 0.462 e. The number of hydrogen-bond donors (Lipinski definition) is 0. The van der Waals surface area contributed by atoms with Gasteiger partial charge in [0.25, 0.3) is 0 Å². The molecule has 0 aromatic rings. The van der Waals surface area contributed by atoms with Crippen LogP contribution in [0.15, 0.2) is 0 Å². The third-order valence-electron chi connectivity index (χ3n) is 5.00. The monoisotopic (exact) mass is 208 g/mol. The van der Waals surface area contributed by atoms with E-state index in [-0.39, 0.29) is 12.1 Å². The van der Waals surface area contributed by atoms with E-state index < -0.39 is 0 Å².